The van der Waals surface area contributed by atoms with Crippen molar-refractivity contribution in [2.75, 3.05) is 7.05 Å². The van der Waals surface area contributed by atoms with E-state index in [1.807, 2.05) is 73.3 Å². The second-order valence-corrected chi connectivity index (χ2v) is 6.53. The maximum Gasteiger partial charge on any atom is 0.272 e. The zero-order valence-corrected chi connectivity index (χ0v) is 15.6. The Kier molecular flexibility index (Phi) is 5.40. The largest absolute Gasteiger partial charge is 0.357 e. The number of rotatable bonds is 6. The van der Waals surface area contributed by atoms with Crippen LogP contribution in [0.15, 0.2) is 60.9 Å². The van der Waals surface area contributed by atoms with Gasteiger partial charge in [0.25, 0.3) is 5.91 Å². The molecular formula is C20H23N5O2. The van der Waals surface area contributed by atoms with Crippen molar-refractivity contribution >= 4 is 11.8 Å². The van der Waals surface area contributed by atoms with Crippen LogP contribution >= 0.6 is 0 Å². The van der Waals surface area contributed by atoms with Gasteiger partial charge in [-0.25, -0.2) is 4.68 Å². The highest BCUT2D eigenvalue weighted by Crippen LogP contribution is 2.17. The van der Waals surface area contributed by atoms with E-state index >= 15 is 0 Å². The van der Waals surface area contributed by atoms with E-state index in [4.69, 9.17) is 0 Å². The van der Waals surface area contributed by atoms with E-state index in [0.29, 0.717) is 0 Å². The predicted molar refractivity (Wildman–Crippen MR) is 103 cm³/mol. The first kappa shape index (κ1) is 18.4. The van der Waals surface area contributed by atoms with Gasteiger partial charge in [0.05, 0.1) is 5.69 Å². The molecule has 7 heteroatoms. The average Bonchev–Trinajstić information content (AvgIpc) is 3.35. The van der Waals surface area contributed by atoms with Gasteiger partial charge in [0, 0.05) is 25.5 Å². The summed E-state index contributed by atoms with van der Waals surface area (Å²) in [4.78, 5) is 24.8. The summed E-state index contributed by atoms with van der Waals surface area (Å²) < 4.78 is 3.59. The molecule has 0 fully saturated rings. The van der Waals surface area contributed by atoms with Gasteiger partial charge in [0.1, 0.15) is 11.9 Å². The molecule has 0 aliphatic carbocycles. The molecule has 0 unspecified atom stereocenters. The molecule has 1 atom stereocenters. The van der Waals surface area contributed by atoms with E-state index in [1.54, 1.807) is 17.8 Å². The van der Waals surface area contributed by atoms with Crippen LogP contribution in [0.2, 0.25) is 0 Å². The molecule has 3 rings (SSSR count). The number of hydrogen-bond acceptors (Lipinski definition) is 3. The summed E-state index contributed by atoms with van der Waals surface area (Å²) >= 11 is 0. The quantitative estimate of drug-likeness (QED) is 0.702. The highest BCUT2D eigenvalue weighted by Gasteiger charge is 2.25. The Bertz CT molecular complexity index is 913. The molecule has 2 N–H and O–H groups in total. The van der Waals surface area contributed by atoms with Crippen LogP contribution in [0.3, 0.4) is 0 Å². The van der Waals surface area contributed by atoms with Crippen LogP contribution in [0.4, 0.5) is 0 Å². The minimum Gasteiger partial charge on any atom is -0.357 e. The molecule has 2 amide bonds. The molecule has 1 aromatic carbocycles. The van der Waals surface area contributed by atoms with E-state index in [2.05, 4.69) is 15.7 Å². The summed E-state index contributed by atoms with van der Waals surface area (Å²) in [7, 11) is 1.55. The number of aromatic nitrogens is 3. The third-order valence-corrected chi connectivity index (χ3v) is 4.28. The number of nitrogens with one attached hydrogen (secondary N) is 2. The molecule has 0 aliphatic rings. The highest BCUT2D eigenvalue weighted by atomic mass is 16.2. The molecule has 0 radical (unpaired) electrons. The third kappa shape index (κ3) is 3.92. The van der Waals surface area contributed by atoms with Gasteiger partial charge in [-0.2, -0.15) is 5.10 Å². The van der Waals surface area contributed by atoms with Crippen LogP contribution in [0.1, 0.15) is 24.3 Å². The van der Waals surface area contributed by atoms with E-state index in [9.17, 15) is 9.59 Å². The first-order valence-electron chi connectivity index (χ1n) is 8.82. The minimum absolute atomic E-state index is 0.0472. The molecule has 0 saturated heterocycles. The molecule has 2 heterocycles. The van der Waals surface area contributed by atoms with E-state index in [-0.39, 0.29) is 23.4 Å². The monoisotopic (exact) mass is 365 g/mol. The molecule has 0 spiro atoms. The Labute approximate surface area is 158 Å². The van der Waals surface area contributed by atoms with Crippen molar-refractivity contribution in [1.29, 1.82) is 0 Å². The molecule has 0 aliphatic heterocycles. The number of hydrogen-bond donors (Lipinski definition) is 2. The van der Waals surface area contributed by atoms with Gasteiger partial charge < -0.3 is 15.2 Å². The summed E-state index contributed by atoms with van der Waals surface area (Å²) in [6.07, 6.45) is 3.78. The summed E-state index contributed by atoms with van der Waals surface area (Å²) in [6, 6.07) is 14.5. The van der Waals surface area contributed by atoms with Gasteiger partial charge in [-0.15, -0.1) is 0 Å². The Morgan fingerprint density at radius 3 is 2.30 bits per heavy atom. The van der Waals surface area contributed by atoms with Crippen molar-refractivity contribution in [2.45, 2.75) is 19.9 Å². The second-order valence-electron chi connectivity index (χ2n) is 6.53. The van der Waals surface area contributed by atoms with Gasteiger partial charge in [-0.1, -0.05) is 32.0 Å². The van der Waals surface area contributed by atoms with Gasteiger partial charge in [-0.3, -0.25) is 9.59 Å². The number of carbonyl (C=O) groups excluding carboxylic acids is 2. The lowest BCUT2D eigenvalue weighted by Gasteiger charge is -2.19. The number of nitrogens with zero attached hydrogens (tertiary/aromatic N) is 3. The topological polar surface area (TPSA) is 81.0 Å². The van der Waals surface area contributed by atoms with Crippen LogP contribution in [0.5, 0.6) is 0 Å². The Morgan fingerprint density at radius 1 is 1.04 bits per heavy atom. The summed E-state index contributed by atoms with van der Waals surface area (Å²) in [5.74, 6) is 0.0679. The van der Waals surface area contributed by atoms with Crippen LogP contribution in [-0.2, 0) is 4.79 Å². The van der Waals surface area contributed by atoms with Gasteiger partial charge in [-0.05, 0) is 30.2 Å². The van der Waals surface area contributed by atoms with Crippen molar-refractivity contribution in [3.63, 3.8) is 0 Å². The maximum absolute atomic E-state index is 12.8. The predicted octanol–water partition coefficient (Wildman–Crippen LogP) is 2.16. The second kappa shape index (κ2) is 7.90. The molecule has 7 nitrogen and oxygen atoms in total. The molecule has 27 heavy (non-hydrogen) atoms. The van der Waals surface area contributed by atoms with Gasteiger partial charge in [0.15, 0.2) is 5.69 Å². The van der Waals surface area contributed by atoms with E-state index in [0.717, 1.165) is 11.5 Å². The maximum atomic E-state index is 12.8. The van der Waals surface area contributed by atoms with Crippen LogP contribution < -0.4 is 10.6 Å². The number of amides is 2. The molecular weight excluding hydrogens is 342 g/mol. The number of likely N-dealkylation sites (N-methyl/N-ethyl adjacent to an activating group) is 1. The lowest BCUT2D eigenvalue weighted by Crippen LogP contribution is -2.48. The Morgan fingerprint density at radius 2 is 1.70 bits per heavy atom. The zero-order chi connectivity index (χ0) is 19.4. The lowest BCUT2D eigenvalue weighted by molar-refractivity contribution is -0.123. The number of carbonyl (C=O) groups is 2. The first-order chi connectivity index (χ1) is 13.0. The van der Waals surface area contributed by atoms with E-state index in [1.165, 1.54) is 0 Å². The minimum atomic E-state index is -0.626. The van der Waals surface area contributed by atoms with Crippen molar-refractivity contribution < 1.29 is 9.59 Å². The summed E-state index contributed by atoms with van der Waals surface area (Å²) in [5.41, 5.74) is 1.09. The third-order valence-electron chi connectivity index (χ3n) is 4.28. The molecule has 0 bridgehead atoms. The lowest BCUT2D eigenvalue weighted by atomic mass is 10.0. The van der Waals surface area contributed by atoms with Crippen molar-refractivity contribution in [1.82, 2.24) is 25.0 Å². The fraction of sp³-hybridized carbons (Fsp3) is 0.250. The molecule has 3 aromatic rings. The summed E-state index contributed by atoms with van der Waals surface area (Å²) in [6.45, 7) is 3.77. The van der Waals surface area contributed by atoms with E-state index < -0.39 is 6.04 Å². The molecule has 0 saturated carbocycles. The zero-order valence-electron chi connectivity index (χ0n) is 15.6. The van der Waals surface area contributed by atoms with Crippen LogP contribution in [0.25, 0.3) is 11.5 Å². The average molecular weight is 365 g/mol. The highest BCUT2D eigenvalue weighted by molar-refractivity contribution is 5.96. The molecule has 140 valence electrons. The summed E-state index contributed by atoms with van der Waals surface area (Å²) in [5, 5.41) is 9.86. The van der Waals surface area contributed by atoms with Crippen molar-refractivity contribution in [3.8, 4) is 11.5 Å². The molecule has 2 aromatic heterocycles. The number of benzene rings is 1. The normalized spacial score (nSPS) is 12.0. The Hall–Kier alpha value is -3.35. The smallest absolute Gasteiger partial charge is 0.272 e. The number of para-hydroxylation sites is 1. The van der Waals surface area contributed by atoms with Crippen molar-refractivity contribution in [3.05, 3.63) is 66.6 Å². The van der Waals surface area contributed by atoms with Crippen molar-refractivity contribution in [2.24, 2.45) is 5.92 Å². The first-order valence-corrected chi connectivity index (χ1v) is 8.82. The van der Waals surface area contributed by atoms with Crippen LogP contribution in [0, 0.1) is 5.92 Å². The fourth-order valence-corrected chi connectivity index (χ4v) is 2.82. The van der Waals surface area contributed by atoms with Crippen LogP contribution in [-0.4, -0.2) is 39.3 Å². The Balaban J connectivity index is 1.97. The van der Waals surface area contributed by atoms with Gasteiger partial charge in [0.2, 0.25) is 5.91 Å². The SMILES string of the molecule is CNC(=O)[C@@H](NC(=O)c1cc(-n2cccc2)n(-c2ccccc2)n1)C(C)C. The standard InChI is InChI=1S/C20H23N5O2/c1-14(2)18(20(27)21-3)22-19(26)16-13-17(24-11-7-8-12-24)25(23-16)15-9-5-4-6-10-15/h4-14,18H,1-3H3,(H,21,27)(H,22,26)/t18-/m0/s1. The fourth-order valence-electron chi connectivity index (χ4n) is 2.82. The van der Waals surface area contributed by atoms with Gasteiger partial charge >= 0.3 is 0 Å².